The van der Waals surface area contributed by atoms with E-state index >= 15 is 0 Å². The summed E-state index contributed by atoms with van der Waals surface area (Å²) in [7, 11) is 0. The van der Waals surface area contributed by atoms with Gasteiger partial charge >= 0.3 is 0 Å². The van der Waals surface area contributed by atoms with Crippen molar-refractivity contribution >= 4 is 40.0 Å². The van der Waals surface area contributed by atoms with E-state index in [2.05, 4.69) is 15.6 Å². The van der Waals surface area contributed by atoms with Crippen LogP contribution in [0.5, 0.6) is 0 Å². The van der Waals surface area contributed by atoms with Gasteiger partial charge in [-0.15, -0.1) is 0 Å². The number of carbonyl (C=O) groups excluding carboxylic acids is 1. The Labute approximate surface area is 126 Å². The summed E-state index contributed by atoms with van der Waals surface area (Å²) in [6.45, 7) is 0. The van der Waals surface area contributed by atoms with E-state index in [-0.39, 0.29) is 10.9 Å². The van der Waals surface area contributed by atoms with Gasteiger partial charge in [0.05, 0.1) is 0 Å². The van der Waals surface area contributed by atoms with E-state index in [0.29, 0.717) is 11.4 Å². The van der Waals surface area contributed by atoms with Crippen LogP contribution in [0.1, 0.15) is 10.6 Å². The number of amides is 1. The van der Waals surface area contributed by atoms with E-state index in [1.54, 1.807) is 30.5 Å². The highest BCUT2D eigenvalue weighted by Crippen LogP contribution is 2.18. The number of benzene rings is 1. The minimum absolute atomic E-state index is 0.166. The molecule has 3 rings (SSSR count). The van der Waals surface area contributed by atoms with Crippen LogP contribution < -0.4 is 10.6 Å². The zero-order valence-electron chi connectivity index (χ0n) is 10.9. The van der Waals surface area contributed by atoms with Crippen LogP contribution in [0.4, 0.5) is 5.82 Å². The number of hydrogen-bond acceptors (Lipinski definition) is 4. The number of anilines is 1. The maximum atomic E-state index is 12.1. The van der Waals surface area contributed by atoms with Crippen molar-refractivity contribution in [2.45, 2.75) is 0 Å². The lowest BCUT2D eigenvalue weighted by molar-refractivity contribution is 0.0953. The molecule has 0 aliphatic rings. The van der Waals surface area contributed by atoms with E-state index < -0.39 is 5.91 Å². The number of nitrogens with one attached hydrogen (secondary N) is 2. The molecule has 2 N–H and O–H groups in total. The fraction of sp³-hybridized carbons (Fsp3) is 0. The van der Waals surface area contributed by atoms with Crippen LogP contribution in [0.2, 0.25) is 0 Å². The molecule has 3 aromatic rings. The second-order valence-corrected chi connectivity index (χ2v) is 4.68. The van der Waals surface area contributed by atoms with Crippen molar-refractivity contribution in [1.82, 2.24) is 10.3 Å². The monoisotopic (exact) mass is 297 g/mol. The largest absolute Gasteiger partial charge is 0.451 e. The molecule has 0 fully saturated rings. The topological polar surface area (TPSA) is 67.2 Å². The van der Waals surface area contributed by atoms with Crippen molar-refractivity contribution in [2.75, 3.05) is 5.32 Å². The highest BCUT2D eigenvalue weighted by atomic mass is 32.1. The van der Waals surface area contributed by atoms with Crippen LogP contribution in [0.25, 0.3) is 11.0 Å². The van der Waals surface area contributed by atoms with E-state index in [1.807, 2.05) is 24.3 Å². The van der Waals surface area contributed by atoms with Gasteiger partial charge in [0.1, 0.15) is 11.4 Å². The van der Waals surface area contributed by atoms with Gasteiger partial charge in [0.15, 0.2) is 10.9 Å². The molecule has 0 aliphatic heterocycles. The molecule has 1 amide bonds. The predicted octanol–water partition coefficient (Wildman–Crippen LogP) is 2.95. The molecule has 0 bridgehead atoms. The van der Waals surface area contributed by atoms with Crippen molar-refractivity contribution in [3.63, 3.8) is 0 Å². The third-order valence-corrected chi connectivity index (χ3v) is 2.99. The van der Waals surface area contributed by atoms with E-state index in [1.165, 1.54) is 0 Å². The lowest BCUT2D eigenvalue weighted by Gasteiger charge is -2.06. The average molecular weight is 297 g/mol. The first-order valence-electron chi connectivity index (χ1n) is 6.24. The molecule has 1 aromatic carbocycles. The van der Waals surface area contributed by atoms with Crippen molar-refractivity contribution in [3.05, 3.63) is 60.5 Å². The van der Waals surface area contributed by atoms with Crippen LogP contribution in [0, 0.1) is 0 Å². The van der Waals surface area contributed by atoms with Gasteiger partial charge < -0.3 is 9.73 Å². The number of pyridine rings is 1. The average Bonchev–Trinajstić information content (AvgIpc) is 2.92. The number of carbonyl (C=O) groups is 1. The lowest BCUT2D eigenvalue weighted by Crippen LogP contribution is -2.34. The van der Waals surface area contributed by atoms with Crippen molar-refractivity contribution in [3.8, 4) is 0 Å². The first-order chi connectivity index (χ1) is 10.2. The van der Waals surface area contributed by atoms with E-state index in [9.17, 15) is 4.79 Å². The molecule has 6 heteroatoms. The Balaban J connectivity index is 1.69. The minimum atomic E-state index is -0.403. The summed E-state index contributed by atoms with van der Waals surface area (Å²) in [4.78, 5) is 16.1. The third-order valence-electron chi connectivity index (χ3n) is 2.78. The Bertz CT molecular complexity index is 766. The molecule has 0 radical (unpaired) electrons. The minimum Gasteiger partial charge on any atom is -0.451 e. The van der Waals surface area contributed by atoms with Crippen molar-refractivity contribution < 1.29 is 9.21 Å². The summed E-state index contributed by atoms with van der Waals surface area (Å²) in [5.41, 5.74) is 0.659. The first-order valence-corrected chi connectivity index (χ1v) is 6.65. The van der Waals surface area contributed by atoms with Gasteiger partial charge in [-0.1, -0.05) is 24.3 Å². The van der Waals surface area contributed by atoms with Gasteiger partial charge in [0, 0.05) is 11.6 Å². The SMILES string of the molecule is O=C(NC(=S)Nc1ccccn1)c1cc2ccccc2o1. The molecule has 0 saturated carbocycles. The summed E-state index contributed by atoms with van der Waals surface area (Å²) < 4.78 is 5.47. The van der Waals surface area contributed by atoms with Gasteiger partial charge in [-0.3, -0.25) is 10.1 Å². The van der Waals surface area contributed by atoms with Gasteiger partial charge in [0.25, 0.3) is 5.91 Å². The summed E-state index contributed by atoms with van der Waals surface area (Å²) in [5.74, 6) is 0.369. The lowest BCUT2D eigenvalue weighted by atomic mass is 10.2. The predicted molar refractivity (Wildman–Crippen MR) is 84.1 cm³/mol. The first kappa shape index (κ1) is 13.3. The number of fused-ring (bicyclic) bond motifs is 1. The van der Waals surface area contributed by atoms with Gasteiger partial charge in [-0.05, 0) is 36.5 Å². The van der Waals surface area contributed by atoms with Gasteiger partial charge in [0.2, 0.25) is 0 Å². The normalized spacial score (nSPS) is 10.3. The molecular formula is C15H11N3O2S. The highest BCUT2D eigenvalue weighted by molar-refractivity contribution is 7.80. The number of para-hydroxylation sites is 1. The number of thiocarbonyl (C=S) groups is 1. The number of furan rings is 1. The van der Waals surface area contributed by atoms with Crippen LogP contribution in [-0.2, 0) is 0 Å². The van der Waals surface area contributed by atoms with Crippen LogP contribution in [0.15, 0.2) is 59.1 Å². The Morgan fingerprint density at radius 1 is 1.14 bits per heavy atom. The molecule has 0 spiro atoms. The third kappa shape index (κ3) is 3.06. The Hall–Kier alpha value is -2.73. The Morgan fingerprint density at radius 2 is 1.95 bits per heavy atom. The molecule has 0 unspecified atom stereocenters. The van der Waals surface area contributed by atoms with Crippen molar-refractivity contribution in [1.29, 1.82) is 0 Å². The number of aromatic nitrogens is 1. The quantitative estimate of drug-likeness (QED) is 0.712. The number of nitrogens with zero attached hydrogens (tertiary/aromatic N) is 1. The van der Waals surface area contributed by atoms with Crippen LogP contribution in [-0.4, -0.2) is 16.0 Å². The van der Waals surface area contributed by atoms with E-state index in [4.69, 9.17) is 16.6 Å². The van der Waals surface area contributed by atoms with E-state index in [0.717, 1.165) is 5.39 Å². The maximum absolute atomic E-state index is 12.1. The summed E-state index contributed by atoms with van der Waals surface area (Å²) in [5, 5.41) is 6.41. The number of rotatable bonds is 2. The summed E-state index contributed by atoms with van der Waals surface area (Å²) in [6, 6.07) is 14.4. The molecule has 0 aliphatic carbocycles. The van der Waals surface area contributed by atoms with Crippen molar-refractivity contribution in [2.24, 2.45) is 0 Å². The zero-order chi connectivity index (χ0) is 14.7. The Morgan fingerprint density at radius 3 is 2.71 bits per heavy atom. The highest BCUT2D eigenvalue weighted by Gasteiger charge is 2.13. The number of hydrogen-bond donors (Lipinski definition) is 2. The maximum Gasteiger partial charge on any atom is 0.293 e. The summed E-state index contributed by atoms with van der Waals surface area (Å²) in [6.07, 6.45) is 1.63. The molecule has 104 valence electrons. The smallest absolute Gasteiger partial charge is 0.293 e. The molecule has 21 heavy (non-hydrogen) atoms. The van der Waals surface area contributed by atoms with Gasteiger partial charge in [-0.2, -0.15) is 0 Å². The van der Waals surface area contributed by atoms with Crippen LogP contribution >= 0.6 is 12.2 Å². The molecule has 2 heterocycles. The molecule has 5 nitrogen and oxygen atoms in total. The molecular weight excluding hydrogens is 286 g/mol. The standard InChI is InChI=1S/C15H11N3O2S/c19-14(12-9-10-5-1-2-6-11(10)20-12)18-15(21)17-13-7-3-4-8-16-13/h1-9H,(H2,16,17,18,19,21). The summed E-state index contributed by atoms with van der Waals surface area (Å²) >= 11 is 5.07. The fourth-order valence-electron chi connectivity index (χ4n) is 1.84. The molecule has 0 atom stereocenters. The second-order valence-electron chi connectivity index (χ2n) is 4.27. The molecule has 0 saturated heterocycles. The zero-order valence-corrected chi connectivity index (χ0v) is 11.7. The van der Waals surface area contributed by atoms with Gasteiger partial charge in [-0.25, -0.2) is 4.98 Å². The second kappa shape index (κ2) is 5.72. The molecule has 2 aromatic heterocycles. The van der Waals surface area contributed by atoms with Crippen LogP contribution in [0.3, 0.4) is 0 Å². The Kier molecular flexibility index (Phi) is 3.61. The fourth-order valence-corrected chi connectivity index (χ4v) is 2.04.